The minimum absolute atomic E-state index is 0.102. The summed E-state index contributed by atoms with van der Waals surface area (Å²) in [7, 11) is 0. The first-order valence-electron chi connectivity index (χ1n) is 4.21. The van der Waals surface area contributed by atoms with Crippen molar-refractivity contribution in [1.29, 1.82) is 0 Å². The average molecular weight is 332 g/mol. The SMILES string of the molecule is O=Cc1ccc(-c2ccc(I)s2)cc1F. The maximum atomic E-state index is 13.3. The van der Waals surface area contributed by atoms with E-state index in [4.69, 9.17) is 0 Å². The van der Waals surface area contributed by atoms with E-state index in [1.165, 1.54) is 12.1 Å². The van der Waals surface area contributed by atoms with E-state index in [1.54, 1.807) is 17.4 Å². The normalized spacial score (nSPS) is 10.3. The molecular weight excluding hydrogens is 326 g/mol. The number of aldehydes is 1. The van der Waals surface area contributed by atoms with Gasteiger partial charge in [0.15, 0.2) is 6.29 Å². The highest BCUT2D eigenvalue weighted by atomic mass is 127. The van der Waals surface area contributed by atoms with Crippen LogP contribution in [-0.2, 0) is 0 Å². The van der Waals surface area contributed by atoms with Crippen LogP contribution in [0.2, 0.25) is 0 Å². The van der Waals surface area contributed by atoms with Crippen LogP contribution in [0.3, 0.4) is 0 Å². The highest BCUT2D eigenvalue weighted by Crippen LogP contribution is 2.29. The molecule has 0 bridgehead atoms. The van der Waals surface area contributed by atoms with Crippen molar-refractivity contribution in [1.82, 2.24) is 0 Å². The third-order valence-electron chi connectivity index (χ3n) is 1.99. The molecule has 0 aliphatic carbocycles. The van der Waals surface area contributed by atoms with Gasteiger partial charge >= 0.3 is 0 Å². The van der Waals surface area contributed by atoms with E-state index < -0.39 is 5.82 Å². The Kier molecular flexibility index (Phi) is 3.16. The number of hydrogen-bond donors (Lipinski definition) is 0. The van der Waals surface area contributed by atoms with Crippen molar-refractivity contribution in [2.45, 2.75) is 0 Å². The second-order valence-corrected chi connectivity index (χ2v) is 5.94. The molecule has 0 radical (unpaired) electrons. The minimum atomic E-state index is -0.467. The fourth-order valence-corrected chi connectivity index (χ4v) is 2.86. The summed E-state index contributed by atoms with van der Waals surface area (Å²) in [6.45, 7) is 0. The summed E-state index contributed by atoms with van der Waals surface area (Å²) in [5.41, 5.74) is 0.913. The fourth-order valence-electron chi connectivity index (χ4n) is 1.25. The highest BCUT2D eigenvalue weighted by molar-refractivity contribution is 14.1. The van der Waals surface area contributed by atoms with Gasteiger partial charge in [0.25, 0.3) is 0 Å². The lowest BCUT2D eigenvalue weighted by atomic mass is 10.1. The largest absolute Gasteiger partial charge is 0.298 e. The zero-order valence-electron chi connectivity index (χ0n) is 7.54. The Labute approximate surface area is 104 Å². The summed E-state index contributed by atoms with van der Waals surface area (Å²) in [5.74, 6) is -0.467. The second kappa shape index (κ2) is 4.40. The summed E-state index contributed by atoms with van der Waals surface area (Å²) in [4.78, 5) is 11.5. The van der Waals surface area contributed by atoms with Crippen molar-refractivity contribution >= 4 is 40.2 Å². The van der Waals surface area contributed by atoms with Gasteiger partial charge in [-0.1, -0.05) is 6.07 Å². The van der Waals surface area contributed by atoms with E-state index in [0.717, 1.165) is 13.3 Å². The quantitative estimate of drug-likeness (QED) is 0.601. The molecule has 0 saturated heterocycles. The lowest BCUT2D eigenvalue weighted by Crippen LogP contribution is -1.87. The van der Waals surface area contributed by atoms with Gasteiger partial charge in [-0.2, -0.15) is 0 Å². The maximum Gasteiger partial charge on any atom is 0.152 e. The molecule has 1 nitrogen and oxygen atoms in total. The third kappa shape index (κ3) is 2.26. The first-order valence-corrected chi connectivity index (χ1v) is 6.10. The number of halogens is 2. The van der Waals surface area contributed by atoms with Gasteiger partial charge in [-0.25, -0.2) is 4.39 Å². The van der Waals surface area contributed by atoms with Gasteiger partial charge in [-0.3, -0.25) is 4.79 Å². The standard InChI is InChI=1S/C11H6FIOS/c12-9-5-7(1-2-8(9)6-14)10-3-4-11(13)15-10/h1-6H. The van der Waals surface area contributed by atoms with Crippen LogP contribution in [-0.4, -0.2) is 6.29 Å². The van der Waals surface area contributed by atoms with Crippen LogP contribution >= 0.6 is 33.9 Å². The summed E-state index contributed by atoms with van der Waals surface area (Å²) >= 11 is 3.81. The molecule has 0 saturated carbocycles. The number of carbonyl (C=O) groups is 1. The molecule has 0 atom stereocenters. The van der Waals surface area contributed by atoms with Gasteiger partial charge in [0, 0.05) is 4.88 Å². The lowest BCUT2D eigenvalue weighted by molar-refractivity contribution is 0.112. The summed E-state index contributed by atoms with van der Waals surface area (Å²) in [5, 5.41) is 0. The average Bonchev–Trinajstić information content (AvgIpc) is 2.65. The Hall–Kier alpha value is -0.750. The Bertz CT molecular complexity index is 507. The van der Waals surface area contributed by atoms with E-state index in [0.29, 0.717) is 6.29 Å². The first kappa shape index (κ1) is 10.8. The predicted octanol–water partition coefficient (Wildman–Crippen LogP) is 3.97. The van der Waals surface area contributed by atoms with Crippen LogP contribution in [0, 0.1) is 8.70 Å². The molecule has 15 heavy (non-hydrogen) atoms. The Morgan fingerprint density at radius 2 is 2.07 bits per heavy atom. The Morgan fingerprint density at radius 1 is 1.27 bits per heavy atom. The van der Waals surface area contributed by atoms with E-state index in [-0.39, 0.29) is 5.56 Å². The van der Waals surface area contributed by atoms with Crippen molar-refractivity contribution in [2.75, 3.05) is 0 Å². The summed E-state index contributed by atoms with van der Waals surface area (Å²) in [6, 6.07) is 8.58. The maximum absolute atomic E-state index is 13.3. The van der Waals surface area contributed by atoms with Gasteiger partial charge in [-0.05, 0) is 52.4 Å². The van der Waals surface area contributed by atoms with Crippen LogP contribution in [0.4, 0.5) is 4.39 Å². The van der Waals surface area contributed by atoms with E-state index in [2.05, 4.69) is 22.6 Å². The van der Waals surface area contributed by atoms with Crippen molar-refractivity contribution < 1.29 is 9.18 Å². The topological polar surface area (TPSA) is 17.1 Å². The molecule has 0 aliphatic rings. The summed E-state index contributed by atoms with van der Waals surface area (Å²) < 4.78 is 14.5. The Balaban J connectivity index is 2.46. The smallest absolute Gasteiger partial charge is 0.152 e. The Morgan fingerprint density at radius 3 is 2.60 bits per heavy atom. The molecule has 76 valence electrons. The number of rotatable bonds is 2. The van der Waals surface area contributed by atoms with Gasteiger partial charge in [0.05, 0.1) is 8.45 Å². The van der Waals surface area contributed by atoms with Gasteiger partial charge in [0.2, 0.25) is 0 Å². The number of carbonyl (C=O) groups excluding carboxylic acids is 1. The van der Waals surface area contributed by atoms with Crippen LogP contribution in [0.15, 0.2) is 30.3 Å². The van der Waals surface area contributed by atoms with E-state index in [9.17, 15) is 9.18 Å². The highest BCUT2D eigenvalue weighted by Gasteiger charge is 2.05. The van der Waals surface area contributed by atoms with E-state index >= 15 is 0 Å². The van der Waals surface area contributed by atoms with Gasteiger partial charge in [-0.15, -0.1) is 11.3 Å². The fraction of sp³-hybridized carbons (Fsp3) is 0. The first-order chi connectivity index (χ1) is 7.20. The van der Waals surface area contributed by atoms with Gasteiger partial charge < -0.3 is 0 Å². The molecular formula is C11H6FIOS. The summed E-state index contributed by atoms with van der Waals surface area (Å²) in [6.07, 6.45) is 0.525. The van der Waals surface area contributed by atoms with Crippen molar-refractivity contribution in [3.63, 3.8) is 0 Å². The number of hydrogen-bond acceptors (Lipinski definition) is 2. The molecule has 1 heterocycles. The number of thiophene rings is 1. The van der Waals surface area contributed by atoms with Crippen molar-refractivity contribution in [3.05, 3.63) is 44.6 Å². The van der Waals surface area contributed by atoms with Crippen LogP contribution in [0.25, 0.3) is 10.4 Å². The molecule has 0 aliphatic heterocycles. The third-order valence-corrected chi connectivity index (χ3v) is 3.93. The molecule has 0 fully saturated rings. The molecule has 4 heteroatoms. The molecule has 2 aromatic rings. The molecule has 2 rings (SSSR count). The van der Waals surface area contributed by atoms with Crippen molar-refractivity contribution in [3.8, 4) is 10.4 Å². The zero-order chi connectivity index (χ0) is 10.8. The molecule has 0 amide bonds. The second-order valence-electron chi connectivity index (χ2n) is 2.96. The zero-order valence-corrected chi connectivity index (χ0v) is 10.5. The van der Waals surface area contributed by atoms with Crippen LogP contribution in [0.5, 0.6) is 0 Å². The van der Waals surface area contributed by atoms with Crippen molar-refractivity contribution in [2.24, 2.45) is 0 Å². The predicted molar refractivity (Wildman–Crippen MR) is 67.8 cm³/mol. The molecule has 1 aromatic carbocycles. The van der Waals surface area contributed by atoms with Gasteiger partial charge in [0.1, 0.15) is 5.82 Å². The monoisotopic (exact) mass is 332 g/mol. The molecule has 1 aromatic heterocycles. The molecule has 0 unspecified atom stereocenters. The van der Waals surface area contributed by atoms with Crippen LogP contribution in [0.1, 0.15) is 10.4 Å². The molecule has 0 spiro atoms. The number of benzene rings is 1. The lowest BCUT2D eigenvalue weighted by Gasteiger charge is -1.99. The molecule has 0 N–H and O–H groups in total. The van der Waals surface area contributed by atoms with Crippen LogP contribution < -0.4 is 0 Å². The van der Waals surface area contributed by atoms with E-state index in [1.807, 2.05) is 12.1 Å². The minimum Gasteiger partial charge on any atom is -0.298 e.